The zero-order valence-electron chi connectivity index (χ0n) is 18.2. The maximum absolute atomic E-state index is 13.0. The average Bonchev–Trinajstić information content (AvgIpc) is 3.37. The molecule has 0 bridgehead atoms. The fourth-order valence-corrected chi connectivity index (χ4v) is 4.10. The summed E-state index contributed by atoms with van der Waals surface area (Å²) in [7, 11) is 1.80. The van der Waals surface area contributed by atoms with Crippen molar-refractivity contribution in [3.8, 4) is 5.69 Å². The van der Waals surface area contributed by atoms with Crippen molar-refractivity contribution in [1.29, 1.82) is 0 Å². The van der Waals surface area contributed by atoms with Crippen LogP contribution in [-0.4, -0.2) is 37.0 Å². The molecule has 3 aromatic heterocycles. The van der Waals surface area contributed by atoms with Gasteiger partial charge in [0.25, 0.3) is 12.3 Å². The molecular formula is C25H21F2N5O2. The molecule has 0 unspecified atom stereocenters. The monoisotopic (exact) mass is 461 g/mol. The van der Waals surface area contributed by atoms with Crippen LogP contribution in [0.25, 0.3) is 27.6 Å². The van der Waals surface area contributed by atoms with Crippen LogP contribution in [0.15, 0.2) is 73.1 Å². The molecular weight excluding hydrogens is 440 g/mol. The molecule has 2 aromatic carbocycles. The van der Waals surface area contributed by atoms with Gasteiger partial charge in [-0.15, -0.1) is 0 Å². The Labute approximate surface area is 193 Å². The first-order chi connectivity index (χ1) is 16.5. The van der Waals surface area contributed by atoms with E-state index in [1.54, 1.807) is 60.4 Å². The van der Waals surface area contributed by atoms with E-state index in [0.29, 0.717) is 22.6 Å². The second kappa shape index (κ2) is 8.68. The zero-order chi connectivity index (χ0) is 23.8. The highest BCUT2D eigenvalue weighted by Crippen LogP contribution is 2.32. The van der Waals surface area contributed by atoms with Gasteiger partial charge < -0.3 is 10.4 Å². The molecule has 0 fully saturated rings. The summed E-state index contributed by atoms with van der Waals surface area (Å²) in [5.74, 6) is -0.349. The molecule has 5 aromatic rings. The molecule has 1 atom stereocenters. The maximum Gasteiger partial charge on any atom is 0.263 e. The molecule has 0 aliphatic rings. The first-order valence-corrected chi connectivity index (χ1v) is 10.6. The van der Waals surface area contributed by atoms with Crippen molar-refractivity contribution in [2.24, 2.45) is 7.05 Å². The molecule has 2 N–H and O–H groups in total. The number of halogens is 2. The highest BCUT2D eigenvalue weighted by molar-refractivity contribution is 6.10. The number of benzene rings is 2. The Morgan fingerprint density at radius 3 is 2.56 bits per heavy atom. The second-order valence-electron chi connectivity index (χ2n) is 7.96. The molecule has 0 aliphatic heterocycles. The standard InChI is InChI=1S/C25H21F2N5O2/c1-31-13-19-18-12-16(25(34)29-21(14-33)20-4-2-3-11-28-20)7-10-22(18)32(24(19)30-31)17-8-5-15(6-9-17)23(26)27/h2-13,21,23,33H,14H2,1H3,(H,29,34)/t21-/m0/s1. The summed E-state index contributed by atoms with van der Waals surface area (Å²) in [6.07, 6.45) is 0.917. The number of hydrogen-bond donors (Lipinski definition) is 2. The minimum absolute atomic E-state index is 0.0530. The van der Waals surface area contributed by atoms with Crippen molar-refractivity contribution in [2.45, 2.75) is 12.5 Å². The lowest BCUT2D eigenvalue weighted by molar-refractivity contribution is 0.0915. The van der Waals surface area contributed by atoms with Crippen LogP contribution in [0.1, 0.15) is 34.1 Å². The third kappa shape index (κ3) is 3.80. The molecule has 0 aliphatic carbocycles. The number of pyridine rings is 1. The van der Waals surface area contributed by atoms with E-state index in [4.69, 9.17) is 0 Å². The third-order valence-corrected chi connectivity index (χ3v) is 5.75. The van der Waals surface area contributed by atoms with E-state index in [9.17, 15) is 18.7 Å². The van der Waals surface area contributed by atoms with Gasteiger partial charge in [0.05, 0.1) is 23.9 Å². The van der Waals surface area contributed by atoms with Gasteiger partial charge >= 0.3 is 0 Å². The number of aliphatic hydroxyl groups is 1. The molecule has 0 saturated carbocycles. The van der Waals surface area contributed by atoms with Crippen molar-refractivity contribution >= 4 is 27.8 Å². The Morgan fingerprint density at radius 1 is 1.09 bits per heavy atom. The van der Waals surface area contributed by atoms with E-state index < -0.39 is 12.5 Å². The summed E-state index contributed by atoms with van der Waals surface area (Å²) < 4.78 is 29.6. The zero-order valence-corrected chi connectivity index (χ0v) is 18.2. The van der Waals surface area contributed by atoms with Crippen molar-refractivity contribution in [1.82, 2.24) is 24.6 Å². The highest BCUT2D eigenvalue weighted by Gasteiger charge is 2.20. The smallest absolute Gasteiger partial charge is 0.263 e. The van der Waals surface area contributed by atoms with Gasteiger partial charge in [-0.2, -0.15) is 5.10 Å². The number of nitrogens with one attached hydrogen (secondary N) is 1. The minimum Gasteiger partial charge on any atom is -0.394 e. The number of rotatable bonds is 6. The fraction of sp³-hybridized carbons (Fsp3) is 0.160. The number of aryl methyl sites for hydroxylation is 1. The number of aliphatic hydroxyl groups excluding tert-OH is 1. The molecule has 3 heterocycles. The molecule has 5 rings (SSSR count). The van der Waals surface area contributed by atoms with Crippen molar-refractivity contribution in [2.75, 3.05) is 6.61 Å². The largest absolute Gasteiger partial charge is 0.394 e. The average molecular weight is 461 g/mol. The molecule has 0 spiro atoms. The first-order valence-electron chi connectivity index (χ1n) is 10.6. The molecule has 34 heavy (non-hydrogen) atoms. The Kier molecular flexibility index (Phi) is 5.54. The van der Waals surface area contributed by atoms with Crippen LogP contribution < -0.4 is 5.32 Å². The van der Waals surface area contributed by atoms with Crippen LogP contribution in [0.5, 0.6) is 0 Å². The summed E-state index contributed by atoms with van der Waals surface area (Å²) in [6, 6.07) is 16.0. The number of carbonyl (C=O) groups is 1. The normalized spacial score (nSPS) is 12.5. The summed E-state index contributed by atoms with van der Waals surface area (Å²) in [4.78, 5) is 17.2. The molecule has 9 heteroatoms. The number of alkyl halides is 2. The van der Waals surface area contributed by atoms with E-state index in [1.165, 1.54) is 12.1 Å². The van der Waals surface area contributed by atoms with E-state index in [2.05, 4.69) is 15.4 Å². The number of nitrogens with zero attached hydrogens (tertiary/aromatic N) is 4. The highest BCUT2D eigenvalue weighted by atomic mass is 19.3. The molecule has 172 valence electrons. The second-order valence-corrected chi connectivity index (χ2v) is 7.96. The van der Waals surface area contributed by atoms with E-state index >= 15 is 0 Å². The lowest BCUT2D eigenvalue weighted by atomic mass is 10.1. The number of amides is 1. The molecule has 0 radical (unpaired) electrons. The summed E-state index contributed by atoms with van der Waals surface area (Å²) in [5, 5.41) is 18.8. The Morgan fingerprint density at radius 2 is 1.88 bits per heavy atom. The van der Waals surface area contributed by atoms with Gasteiger partial charge in [0.2, 0.25) is 0 Å². The Balaban J connectivity index is 1.56. The van der Waals surface area contributed by atoms with Gasteiger partial charge in [-0.3, -0.25) is 19.0 Å². The van der Waals surface area contributed by atoms with Crippen LogP contribution in [0.2, 0.25) is 0 Å². The lowest BCUT2D eigenvalue weighted by Crippen LogP contribution is -2.31. The lowest BCUT2D eigenvalue weighted by Gasteiger charge is -2.16. The summed E-state index contributed by atoms with van der Waals surface area (Å²) in [5.41, 5.74) is 3.06. The number of carbonyl (C=O) groups excluding carboxylic acids is 1. The van der Waals surface area contributed by atoms with E-state index in [0.717, 1.165) is 16.3 Å². The van der Waals surface area contributed by atoms with Gasteiger partial charge in [-0.05, 0) is 42.5 Å². The van der Waals surface area contributed by atoms with Crippen LogP contribution >= 0.6 is 0 Å². The van der Waals surface area contributed by atoms with Crippen molar-refractivity contribution in [3.05, 3.63) is 89.9 Å². The number of aromatic nitrogens is 4. The van der Waals surface area contributed by atoms with E-state index in [-0.39, 0.29) is 18.1 Å². The molecule has 7 nitrogen and oxygen atoms in total. The summed E-state index contributed by atoms with van der Waals surface area (Å²) >= 11 is 0. The Hall–Kier alpha value is -4.11. The van der Waals surface area contributed by atoms with Crippen LogP contribution in [0, 0.1) is 0 Å². The SMILES string of the molecule is Cn1cc2c3cc(C(=O)N[C@@H](CO)c4ccccn4)ccc3n(-c3ccc(C(F)F)cc3)c2n1. The predicted octanol–water partition coefficient (Wildman–Crippen LogP) is 4.31. The van der Waals surface area contributed by atoms with Gasteiger partial charge in [-0.25, -0.2) is 8.78 Å². The minimum atomic E-state index is -2.54. The third-order valence-electron chi connectivity index (χ3n) is 5.75. The van der Waals surface area contributed by atoms with Crippen LogP contribution in [0.3, 0.4) is 0 Å². The van der Waals surface area contributed by atoms with Gasteiger partial charge in [0.1, 0.15) is 0 Å². The Bertz CT molecular complexity index is 1480. The maximum atomic E-state index is 13.0. The van der Waals surface area contributed by atoms with Crippen molar-refractivity contribution in [3.63, 3.8) is 0 Å². The van der Waals surface area contributed by atoms with Gasteiger partial charge in [0.15, 0.2) is 5.65 Å². The van der Waals surface area contributed by atoms with Gasteiger partial charge in [0, 0.05) is 47.0 Å². The first kappa shape index (κ1) is 21.7. The predicted molar refractivity (Wildman–Crippen MR) is 124 cm³/mol. The van der Waals surface area contributed by atoms with E-state index in [1.807, 2.05) is 16.8 Å². The van der Waals surface area contributed by atoms with Crippen molar-refractivity contribution < 1.29 is 18.7 Å². The van der Waals surface area contributed by atoms with Gasteiger partial charge in [-0.1, -0.05) is 18.2 Å². The number of hydrogen-bond acceptors (Lipinski definition) is 4. The molecule has 0 saturated heterocycles. The van der Waals surface area contributed by atoms with Crippen LogP contribution in [-0.2, 0) is 7.05 Å². The summed E-state index contributed by atoms with van der Waals surface area (Å²) in [6.45, 7) is -0.289. The van der Waals surface area contributed by atoms with Crippen LogP contribution in [0.4, 0.5) is 8.78 Å². The quantitative estimate of drug-likeness (QED) is 0.395. The number of fused-ring (bicyclic) bond motifs is 3. The fourth-order valence-electron chi connectivity index (χ4n) is 4.10. The molecule has 1 amide bonds. The topological polar surface area (TPSA) is 85.0 Å².